The lowest BCUT2D eigenvalue weighted by molar-refractivity contribution is -0.385. The minimum Gasteiger partial charge on any atom is -0.497 e. The second-order valence-electron chi connectivity index (χ2n) is 22.0. The van der Waals surface area contributed by atoms with Gasteiger partial charge in [-0.2, -0.15) is 5.26 Å². The van der Waals surface area contributed by atoms with Crippen LogP contribution in [0.5, 0.6) is 17.2 Å². The Kier molecular flexibility index (Phi) is 24.0. The minimum atomic E-state index is -2.01. The molecule has 1 aliphatic heterocycles. The molecule has 27 heteroatoms. The summed E-state index contributed by atoms with van der Waals surface area (Å²) in [4.78, 5) is 61.1. The predicted octanol–water partition coefficient (Wildman–Crippen LogP) is 12.7. The topological polar surface area (TPSA) is 305 Å². The van der Waals surface area contributed by atoms with E-state index < -0.39 is 67.1 Å². The van der Waals surface area contributed by atoms with Crippen molar-refractivity contribution in [3.8, 4) is 23.3 Å². The van der Waals surface area contributed by atoms with E-state index in [1.54, 1.807) is 74.2 Å². The fraction of sp³-hybridized carbons (Fsp3) is 0.343. The number of anilines is 1. The van der Waals surface area contributed by atoms with Crippen LogP contribution in [0.2, 0.25) is 0 Å². The second-order valence-corrected chi connectivity index (χ2v) is 23.4. The lowest BCUT2D eigenvalue weighted by Gasteiger charge is -2.39. The summed E-state index contributed by atoms with van der Waals surface area (Å²) < 4.78 is 73.6. The number of nitrogens with zero attached hydrogens (tertiary/aromatic N) is 8. The van der Waals surface area contributed by atoms with Gasteiger partial charge in [-0.25, -0.2) is 29.2 Å². The highest BCUT2D eigenvalue weighted by atomic mass is 31.2. The molecule has 1 aliphatic rings. The van der Waals surface area contributed by atoms with E-state index in [1.807, 2.05) is 107 Å². The lowest BCUT2D eigenvalue weighted by Crippen LogP contribution is -2.44. The number of nitro benzene ring substituents is 2. The number of non-ortho nitro benzene ring substituents is 2. The number of nitriles is 1. The van der Waals surface area contributed by atoms with Crippen molar-refractivity contribution >= 4 is 49.1 Å². The standard InChI is InChI=1S/C67H72N9O17P/c1-44(2)74(45(3)4)94(89-37-11-36-68)93-60-58(41-88-67(50-12-9-8-10-13-50,51-20-30-55(83-6)31-21-51)52-22-32-56(84-7)33-23-52)92-64(73-43-71-59-62(69-42-70-63(59)73)72-65(77)85-38-34-47-14-24-53(25-15-47)75(79)80)61(60)90-46(5)87-40-49-18-28-57(29-19-49)91-66(78)86-39-35-48-16-26-54(27-17-48)76(81)82/h8-10,12-33,42-46,58,60-61,64H,11,34-35,37-41H2,1-7H3,(H,69,70,72,77)/t46?,58-,60-,61-,64-,94?/m1/s1. The maximum Gasteiger partial charge on any atom is 0.513 e. The number of rotatable bonds is 32. The van der Waals surface area contributed by atoms with Gasteiger partial charge in [0.1, 0.15) is 47.5 Å². The average molecular weight is 1310 g/mol. The van der Waals surface area contributed by atoms with Crippen molar-refractivity contribution in [2.24, 2.45) is 0 Å². The maximum atomic E-state index is 13.4. The highest BCUT2D eigenvalue weighted by molar-refractivity contribution is 7.44. The maximum absolute atomic E-state index is 13.4. The SMILES string of the molecule is COc1ccc(C(OC[C@H]2O[C@@H](n3cnc4c(NC(=O)OCCc5ccc([N+](=O)[O-])cc5)ncnc43)[C@H](OC(C)OCc3ccc(OC(=O)OCCc4ccc([N+](=O)[O-])cc4)cc3)[C@@H]2OP(OCCC#N)N(C(C)C)C(C)C)(c2ccccc2)c2ccc(OC)cc2)cc1. The molecule has 1 saturated heterocycles. The highest BCUT2D eigenvalue weighted by Gasteiger charge is 2.52. The number of fused-ring (bicyclic) bond motifs is 1. The van der Waals surface area contributed by atoms with Crippen LogP contribution in [0.3, 0.4) is 0 Å². The van der Waals surface area contributed by atoms with E-state index >= 15 is 0 Å². The van der Waals surface area contributed by atoms with Gasteiger partial charge < -0.3 is 51.7 Å². The van der Waals surface area contributed by atoms with Gasteiger partial charge in [0.15, 0.2) is 29.5 Å². The molecule has 0 spiro atoms. The molecule has 0 saturated carbocycles. The Balaban J connectivity index is 1.05. The highest BCUT2D eigenvalue weighted by Crippen LogP contribution is 2.52. The molecule has 0 radical (unpaired) electrons. The Bertz CT molecular complexity index is 3770. The van der Waals surface area contributed by atoms with Crippen molar-refractivity contribution in [2.45, 2.75) is 109 Å². The van der Waals surface area contributed by atoms with Gasteiger partial charge >= 0.3 is 12.2 Å². The number of ether oxygens (including phenoxy) is 9. The number of benzene rings is 6. The van der Waals surface area contributed by atoms with Crippen LogP contribution in [0.1, 0.15) is 80.6 Å². The Hall–Kier alpha value is -9.55. The third-order valence-corrected chi connectivity index (χ3v) is 17.3. The zero-order chi connectivity index (χ0) is 66.7. The van der Waals surface area contributed by atoms with E-state index in [-0.39, 0.29) is 92.1 Å². The first-order chi connectivity index (χ1) is 45.5. The fourth-order valence-electron chi connectivity index (χ4n) is 10.6. The zero-order valence-corrected chi connectivity index (χ0v) is 53.6. The Morgan fingerprint density at radius 3 is 1.81 bits per heavy atom. The van der Waals surface area contributed by atoms with Crippen molar-refractivity contribution in [3.05, 3.63) is 218 Å². The van der Waals surface area contributed by atoms with Gasteiger partial charge in [0, 0.05) is 49.2 Å². The van der Waals surface area contributed by atoms with Crippen molar-refractivity contribution in [3.63, 3.8) is 0 Å². The Morgan fingerprint density at radius 2 is 1.26 bits per heavy atom. The third-order valence-electron chi connectivity index (χ3n) is 15.1. The molecule has 8 aromatic rings. The van der Waals surface area contributed by atoms with Crippen LogP contribution >= 0.6 is 8.53 Å². The number of nitro groups is 2. The Labute approximate surface area is 543 Å². The van der Waals surface area contributed by atoms with Crippen LogP contribution < -0.4 is 19.5 Å². The van der Waals surface area contributed by atoms with Gasteiger partial charge in [0.2, 0.25) is 0 Å². The number of methoxy groups -OCH3 is 2. The number of hydrogen-bond acceptors (Lipinski definition) is 22. The van der Waals surface area contributed by atoms with Gasteiger partial charge in [-0.15, -0.1) is 0 Å². The Morgan fingerprint density at radius 1 is 0.702 bits per heavy atom. The zero-order valence-electron chi connectivity index (χ0n) is 52.8. The molecular weight excluding hydrogens is 1230 g/mol. The molecule has 6 aromatic carbocycles. The van der Waals surface area contributed by atoms with Gasteiger partial charge in [-0.1, -0.05) is 91.0 Å². The van der Waals surface area contributed by atoms with Crippen molar-refractivity contribution in [1.29, 1.82) is 5.26 Å². The third kappa shape index (κ3) is 17.4. The summed E-state index contributed by atoms with van der Waals surface area (Å²) >= 11 is 0. The molecule has 1 N–H and O–H groups in total. The molecule has 94 heavy (non-hydrogen) atoms. The molecule has 0 aliphatic carbocycles. The average Bonchev–Trinajstić information content (AvgIpc) is 1.07. The van der Waals surface area contributed by atoms with E-state index in [0.29, 0.717) is 29.0 Å². The molecule has 1 fully saturated rings. The van der Waals surface area contributed by atoms with E-state index in [0.717, 1.165) is 22.3 Å². The molecule has 492 valence electrons. The van der Waals surface area contributed by atoms with Crippen molar-refractivity contribution < 1.29 is 71.1 Å². The molecule has 2 aromatic heterocycles. The van der Waals surface area contributed by atoms with E-state index in [1.165, 1.54) is 36.9 Å². The first-order valence-electron chi connectivity index (χ1n) is 30.2. The van der Waals surface area contributed by atoms with Crippen molar-refractivity contribution in [2.75, 3.05) is 46.0 Å². The first kappa shape index (κ1) is 68.8. The summed E-state index contributed by atoms with van der Waals surface area (Å²) in [6.45, 7) is 9.63. The summed E-state index contributed by atoms with van der Waals surface area (Å²) in [5.74, 6) is 1.48. The predicted molar refractivity (Wildman–Crippen MR) is 344 cm³/mol. The van der Waals surface area contributed by atoms with Crippen LogP contribution in [-0.2, 0) is 62.5 Å². The number of carbonyl (C=O) groups is 2. The first-order valence-corrected chi connectivity index (χ1v) is 31.3. The van der Waals surface area contributed by atoms with Crippen molar-refractivity contribution in [1.82, 2.24) is 24.2 Å². The summed E-state index contributed by atoms with van der Waals surface area (Å²) in [6, 6.07) is 45.4. The van der Waals surface area contributed by atoms with Gasteiger partial charge in [-0.05, 0) is 104 Å². The molecule has 2 unspecified atom stereocenters. The monoisotopic (exact) mass is 1310 g/mol. The molecule has 0 bridgehead atoms. The van der Waals surface area contributed by atoms with Crippen LogP contribution in [0.4, 0.5) is 26.8 Å². The molecule has 1 amide bonds. The van der Waals surface area contributed by atoms with Crippen LogP contribution in [0, 0.1) is 31.6 Å². The van der Waals surface area contributed by atoms with Crippen LogP contribution in [0.15, 0.2) is 164 Å². The lowest BCUT2D eigenvalue weighted by atomic mass is 9.80. The smallest absolute Gasteiger partial charge is 0.497 e. The van der Waals surface area contributed by atoms with Crippen LogP contribution in [-0.4, -0.2) is 124 Å². The summed E-state index contributed by atoms with van der Waals surface area (Å²) in [5, 5.41) is 34.7. The minimum absolute atomic E-state index is 0.0133. The fourth-order valence-corrected chi connectivity index (χ4v) is 12.4. The molecule has 6 atom stereocenters. The summed E-state index contributed by atoms with van der Waals surface area (Å²) in [5.41, 5.74) is 3.35. The molecule has 26 nitrogen and oxygen atoms in total. The number of carbonyl (C=O) groups excluding carboxylic acids is 2. The number of imidazole rings is 1. The number of nitrogens with one attached hydrogen (secondary N) is 1. The van der Waals surface area contributed by atoms with Gasteiger partial charge in [-0.3, -0.25) is 30.1 Å². The normalized spacial score (nSPS) is 16.1. The largest absolute Gasteiger partial charge is 0.513 e. The number of amides is 1. The van der Waals surface area contributed by atoms with Gasteiger partial charge in [0.05, 0.1) is 75.9 Å². The van der Waals surface area contributed by atoms with E-state index in [9.17, 15) is 35.1 Å². The van der Waals surface area contributed by atoms with E-state index in [2.05, 4.69) is 26.0 Å². The number of hydrogen-bond donors (Lipinski definition) is 1. The summed E-state index contributed by atoms with van der Waals surface area (Å²) in [7, 11) is 1.18. The molecule has 9 rings (SSSR count). The van der Waals surface area contributed by atoms with E-state index in [4.69, 9.17) is 56.7 Å². The van der Waals surface area contributed by atoms with Crippen LogP contribution in [0.25, 0.3) is 11.2 Å². The van der Waals surface area contributed by atoms with Gasteiger partial charge in [0.25, 0.3) is 19.9 Å². The quantitative estimate of drug-likeness (QED) is 0.00598. The molecular formula is C67H72N9O17P. The molecule has 3 heterocycles. The number of aromatic nitrogens is 4. The summed E-state index contributed by atoms with van der Waals surface area (Å²) in [6.07, 6.45) is -3.73. The second kappa shape index (κ2) is 32.8.